The minimum atomic E-state index is -4.22. The van der Waals surface area contributed by atoms with E-state index in [4.69, 9.17) is 5.73 Å². The van der Waals surface area contributed by atoms with E-state index >= 15 is 0 Å². The number of hydrogen-bond donors (Lipinski definition) is 1. The van der Waals surface area contributed by atoms with Gasteiger partial charge in [0, 0.05) is 12.5 Å². The van der Waals surface area contributed by atoms with Crippen molar-refractivity contribution >= 4 is 12.4 Å². The lowest BCUT2D eigenvalue weighted by molar-refractivity contribution is -0.136. The third-order valence-corrected chi connectivity index (χ3v) is 2.38. The minimum Gasteiger partial charge on any atom is -0.324 e. The van der Waals surface area contributed by atoms with Crippen molar-refractivity contribution in [3.8, 4) is 0 Å². The maximum Gasteiger partial charge on any atom is 0.389 e. The quantitative estimate of drug-likeness (QED) is 0.829. The maximum absolute atomic E-state index is 12.9. The van der Waals surface area contributed by atoms with Gasteiger partial charge in [0.2, 0.25) is 0 Å². The Morgan fingerprint density at radius 2 is 1.88 bits per heavy atom. The molecule has 0 saturated carbocycles. The molecule has 0 heterocycles. The zero-order chi connectivity index (χ0) is 12.3. The van der Waals surface area contributed by atoms with E-state index in [1.54, 1.807) is 6.92 Å². The molecule has 0 aliphatic rings. The Bertz CT molecular complexity index is 365. The van der Waals surface area contributed by atoms with Gasteiger partial charge in [0.15, 0.2) is 0 Å². The van der Waals surface area contributed by atoms with Gasteiger partial charge in [-0.3, -0.25) is 0 Å². The molecule has 0 unspecified atom stereocenters. The fourth-order valence-corrected chi connectivity index (χ4v) is 1.49. The summed E-state index contributed by atoms with van der Waals surface area (Å²) < 4.78 is 48.8. The van der Waals surface area contributed by atoms with E-state index in [1.807, 2.05) is 0 Å². The first-order valence-corrected chi connectivity index (χ1v) is 4.88. The summed E-state index contributed by atoms with van der Waals surface area (Å²) >= 11 is 0. The summed E-state index contributed by atoms with van der Waals surface area (Å²) in [4.78, 5) is 0. The lowest BCUT2D eigenvalue weighted by Gasteiger charge is -2.15. The summed E-state index contributed by atoms with van der Waals surface area (Å²) in [6, 6.07) is 3.18. The van der Waals surface area contributed by atoms with Crippen LogP contribution < -0.4 is 5.73 Å². The highest BCUT2D eigenvalue weighted by atomic mass is 35.5. The van der Waals surface area contributed by atoms with E-state index in [1.165, 1.54) is 18.2 Å². The summed E-state index contributed by atoms with van der Waals surface area (Å²) in [5.41, 5.74) is 6.74. The fraction of sp³-hybridized carbons (Fsp3) is 0.455. The third kappa shape index (κ3) is 5.37. The number of nitrogens with two attached hydrogens (primary N) is 1. The lowest BCUT2D eigenvalue weighted by atomic mass is 9.98. The van der Waals surface area contributed by atoms with Crippen molar-refractivity contribution < 1.29 is 17.6 Å². The number of aryl methyl sites for hydroxylation is 1. The van der Waals surface area contributed by atoms with E-state index < -0.39 is 24.5 Å². The molecule has 0 saturated heterocycles. The van der Waals surface area contributed by atoms with Crippen LogP contribution in [0.1, 0.15) is 30.0 Å². The van der Waals surface area contributed by atoms with Crippen molar-refractivity contribution in [2.75, 3.05) is 0 Å². The van der Waals surface area contributed by atoms with Crippen LogP contribution in [0.4, 0.5) is 17.6 Å². The standard InChI is InChI=1S/C11H13F4N.ClH/c1-7-2-3-8(12)6-9(7)10(16)4-5-11(13,14)15;/h2-3,6,10H,4-5,16H2,1H3;1H/t10-;/m1./s1. The van der Waals surface area contributed by atoms with Crippen molar-refractivity contribution in [3.05, 3.63) is 35.1 Å². The van der Waals surface area contributed by atoms with E-state index in [0.717, 1.165) is 0 Å². The molecule has 0 aromatic heterocycles. The summed E-state index contributed by atoms with van der Waals surface area (Å²) in [5, 5.41) is 0. The first kappa shape index (κ1) is 16.2. The average Bonchev–Trinajstić information content (AvgIpc) is 2.17. The number of benzene rings is 1. The zero-order valence-corrected chi connectivity index (χ0v) is 10.0. The molecule has 98 valence electrons. The molecule has 1 rings (SSSR count). The molecule has 0 fully saturated rings. The number of alkyl halides is 3. The van der Waals surface area contributed by atoms with Gasteiger partial charge in [0.1, 0.15) is 5.82 Å². The Morgan fingerprint density at radius 1 is 1.29 bits per heavy atom. The predicted octanol–water partition coefficient (Wildman–Crippen LogP) is 3.90. The van der Waals surface area contributed by atoms with Gasteiger partial charge < -0.3 is 5.73 Å². The van der Waals surface area contributed by atoms with Crippen molar-refractivity contribution in [1.82, 2.24) is 0 Å². The second-order valence-corrected chi connectivity index (χ2v) is 3.76. The van der Waals surface area contributed by atoms with Crippen molar-refractivity contribution in [3.63, 3.8) is 0 Å². The van der Waals surface area contributed by atoms with Gasteiger partial charge in [-0.05, 0) is 36.6 Å². The van der Waals surface area contributed by atoms with Crippen LogP contribution in [0.25, 0.3) is 0 Å². The molecule has 1 aromatic carbocycles. The van der Waals surface area contributed by atoms with Crippen molar-refractivity contribution in [2.24, 2.45) is 5.73 Å². The highest BCUT2D eigenvalue weighted by molar-refractivity contribution is 5.85. The fourth-order valence-electron chi connectivity index (χ4n) is 1.49. The van der Waals surface area contributed by atoms with Gasteiger partial charge in [-0.1, -0.05) is 6.07 Å². The normalized spacial score (nSPS) is 13.1. The van der Waals surface area contributed by atoms with Crippen LogP contribution in [0.3, 0.4) is 0 Å². The number of rotatable bonds is 3. The second kappa shape index (κ2) is 6.21. The number of hydrogen-bond acceptors (Lipinski definition) is 1. The highest BCUT2D eigenvalue weighted by Crippen LogP contribution is 2.27. The summed E-state index contributed by atoms with van der Waals surface area (Å²) in [6.45, 7) is 1.70. The summed E-state index contributed by atoms with van der Waals surface area (Å²) in [7, 11) is 0. The molecule has 0 radical (unpaired) electrons. The Hall–Kier alpha value is -0.810. The van der Waals surface area contributed by atoms with Crippen LogP contribution in [-0.4, -0.2) is 6.18 Å². The smallest absolute Gasteiger partial charge is 0.324 e. The molecule has 1 nitrogen and oxygen atoms in total. The molecule has 0 aliphatic carbocycles. The molecule has 0 aliphatic heterocycles. The Morgan fingerprint density at radius 3 is 2.41 bits per heavy atom. The van der Waals surface area contributed by atoms with Gasteiger partial charge in [-0.2, -0.15) is 13.2 Å². The van der Waals surface area contributed by atoms with E-state index in [0.29, 0.717) is 11.1 Å². The van der Waals surface area contributed by atoms with Crippen LogP contribution in [0.2, 0.25) is 0 Å². The average molecular weight is 272 g/mol. The molecule has 1 atom stereocenters. The Balaban J connectivity index is 0.00000256. The topological polar surface area (TPSA) is 26.0 Å². The Labute approximate surface area is 103 Å². The molecule has 1 aromatic rings. The number of halogens is 5. The molecule has 2 N–H and O–H groups in total. The largest absolute Gasteiger partial charge is 0.389 e. The van der Waals surface area contributed by atoms with Gasteiger partial charge in [-0.25, -0.2) is 4.39 Å². The molecule has 0 spiro atoms. The SMILES string of the molecule is Cc1ccc(F)cc1[C@H](N)CCC(F)(F)F.Cl. The van der Waals surface area contributed by atoms with E-state index in [9.17, 15) is 17.6 Å². The molecule has 0 amide bonds. The van der Waals surface area contributed by atoms with Gasteiger partial charge >= 0.3 is 6.18 Å². The monoisotopic (exact) mass is 271 g/mol. The second-order valence-electron chi connectivity index (χ2n) is 3.76. The summed E-state index contributed by atoms with van der Waals surface area (Å²) in [5.74, 6) is -0.483. The minimum absolute atomic E-state index is 0. The molecule has 17 heavy (non-hydrogen) atoms. The van der Waals surface area contributed by atoms with Crippen molar-refractivity contribution in [2.45, 2.75) is 32.0 Å². The Kier molecular flexibility index (Phi) is 5.92. The van der Waals surface area contributed by atoms with Gasteiger partial charge in [0.05, 0.1) is 0 Å². The molecule has 6 heteroatoms. The van der Waals surface area contributed by atoms with E-state index in [2.05, 4.69) is 0 Å². The first-order valence-electron chi connectivity index (χ1n) is 4.88. The van der Waals surface area contributed by atoms with Gasteiger partial charge in [0.25, 0.3) is 0 Å². The zero-order valence-electron chi connectivity index (χ0n) is 9.22. The van der Waals surface area contributed by atoms with Crippen LogP contribution in [0.5, 0.6) is 0 Å². The van der Waals surface area contributed by atoms with E-state index in [-0.39, 0.29) is 18.8 Å². The van der Waals surface area contributed by atoms with Crippen LogP contribution >= 0.6 is 12.4 Å². The lowest BCUT2D eigenvalue weighted by Crippen LogP contribution is -2.16. The predicted molar refractivity (Wildman–Crippen MR) is 60.6 cm³/mol. The highest BCUT2D eigenvalue weighted by Gasteiger charge is 2.28. The van der Waals surface area contributed by atoms with Gasteiger partial charge in [-0.15, -0.1) is 12.4 Å². The first-order chi connectivity index (χ1) is 7.29. The summed E-state index contributed by atoms with van der Waals surface area (Å²) in [6.07, 6.45) is -5.41. The molecule has 0 bridgehead atoms. The molecular formula is C11H14ClF4N. The third-order valence-electron chi connectivity index (χ3n) is 2.38. The van der Waals surface area contributed by atoms with Crippen molar-refractivity contribution in [1.29, 1.82) is 0 Å². The molecular weight excluding hydrogens is 258 g/mol. The maximum atomic E-state index is 12.9. The van der Waals surface area contributed by atoms with Crippen LogP contribution in [0.15, 0.2) is 18.2 Å². The van der Waals surface area contributed by atoms with Crippen LogP contribution in [0, 0.1) is 12.7 Å². The van der Waals surface area contributed by atoms with Crippen LogP contribution in [-0.2, 0) is 0 Å².